The summed E-state index contributed by atoms with van der Waals surface area (Å²) in [7, 11) is 0. The second-order valence-corrected chi connectivity index (χ2v) is 14.9. The fraction of sp³-hybridized carbons (Fsp3) is 0.0870. The van der Waals surface area contributed by atoms with E-state index in [1.54, 1.807) is 11.8 Å². The monoisotopic (exact) mass is 870 g/mol. The first kappa shape index (κ1) is 34.0. The number of aromatic nitrogens is 1. The van der Waals surface area contributed by atoms with E-state index in [-0.39, 0.29) is 26.5 Å². The van der Waals surface area contributed by atoms with Crippen molar-refractivity contribution in [1.29, 1.82) is 0 Å². The van der Waals surface area contributed by atoms with Gasteiger partial charge in [-0.1, -0.05) is 105 Å². The van der Waals surface area contributed by atoms with Crippen LogP contribution in [-0.4, -0.2) is 4.98 Å². The Kier molecular flexibility index (Phi) is 9.03. The first-order chi connectivity index (χ1) is 24.9. The van der Waals surface area contributed by atoms with E-state index in [2.05, 4.69) is 194 Å². The third-order valence-electron chi connectivity index (χ3n) is 9.51. The van der Waals surface area contributed by atoms with E-state index in [9.17, 15) is 0 Å². The molecule has 7 aromatic rings. The average Bonchev–Trinajstić information content (AvgIpc) is 3.50. The van der Waals surface area contributed by atoms with Gasteiger partial charge < -0.3 is 14.7 Å². The Morgan fingerprint density at radius 2 is 1.21 bits per heavy atom. The molecule has 4 nitrogen and oxygen atoms in total. The Morgan fingerprint density at radius 1 is 0.577 bits per heavy atom. The molecule has 0 radical (unpaired) electrons. The number of benzene rings is 6. The van der Waals surface area contributed by atoms with E-state index >= 15 is 0 Å². The summed E-state index contributed by atoms with van der Waals surface area (Å²) in [6.45, 7) is 8.89. The summed E-state index contributed by atoms with van der Waals surface area (Å²) in [4.78, 5) is 13.7. The van der Waals surface area contributed by atoms with Gasteiger partial charge >= 0.3 is 0 Å². The van der Waals surface area contributed by atoms with Crippen molar-refractivity contribution in [1.82, 2.24) is 4.98 Å². The second kappa shape index (κ2) is 13.8. The molecule has 258 valence electrons. The number of hydrogen-bond acceptors (Lipinski definition) is 5. The van der Waals surface area contributed by atoms with E-state index in [0.29, 0.717) is 0 Å². The number of pyridine rings is 1. The Labute approximate surface area is 325 Å². The molecule has 0 saturated carbocycles. The van der Waals surface area contributed by atoms with Gasteiger partial charge in [0.25, 0.3) is 0 Å². The summed E-state index contributed by atoms with van der Waals surface area (Å²) in [5.41, 5.74) is 12.3. The molecule has 0 fully saturated rings. The Morgan fingerprint density at radius 3 is 1.96 bits per heavy atom. The van der Waals surface area contributed by atoms with Crippen LogP contribution in [0.2, 0.25) is 0 Å². The molecule has 2 aliphatic heterocycles. The van der Waals surface area contributed by atoms with Crippen molar-refractivity contribution in [2.24, 2.45) is 0 Å². The molecule has 2 aliphatic rings. The first-order valence-corrected chi connectivity index (χ1v) is 18.0. The van der Waals surface area contributed by atoms with Crippen molar-refractivity contribution in [2.45, 2.75) is 36.0 Å². The maximum absolute atomic E-state index is 4.97. The minimum Gasteiger partial charge on any atom is -0.493 e. The van der Waals surface area contributed by atoms with Crippen LogP contribution < -0.4 is 14.7 Å². The number of rotatable bonds is 5. The van der Waals surface area contributed by atoms with Crippen LogP contribution in [0.4, 0.5) is 39.9 Å². The Bertz CT molecular complexity index is 2400. The SMILES string of the molecule is CC(C)(C)c1ccnc(N2c3[c-]c(Sc4[c-]c(N5[CH-]N(c6ccccc6)c6ccccc65)ccc4)ccc3-c3ccccc3-c3ccccc32)c1.[Pt]. The summed E-state index contributed by atoms with van der Waals surface area (Å²) in [5, 5.41) is 0. The largest absolute Gasteiger partial charge is 0.493 e. The van der Waals surface area contributed by atoms with Gasteiger partial charge in [0.15, 0.2) is 0 Å². The van der Waals surface area contributed by atoms with Gasteiger partial charge in [-0.25, -0.2) is 4.98 Å². The van der Waals surface area contributed by atoms with E-state index in [1.165, 1.54) is 22.3 Å². The van der Waals surface area contributed by atoms with E-state index < -0.39 is 0 Å². The van der Waals surface area contributed by atoms with E-state index in [1.807, 2.05) is 12.3 Å². The van der Waals surface area contributed by atoms with Crippen LogP contribution in [0.3, 0.4) is 0 Å². The fourth-order valence-corrected chi connectivity index (χ4v) is 7.81. The molecule has 0 spiro atoms. The normalized spacial score (nSPS) is 13.0. The molecule has 52 heavy (non-hydrogen) atoms. The van der Waals surface area contributed by atoms with Crippen LogP contribution in [0.5, 0.6) is 0 Å². The summed E-state index contributed by atoms with van der Waals surface area (Å²) >= 11 is 1.67. The molecule has 0 N–H and O–H groups in total. The molecule has 3 heterocycles. The fourth-order valence-electron chi connectivity index (χ4n) is 6.98. The topological polar surface area (TPSA) is 22.6 Å². The van der Waals surface area contributed by atoms with Crippen molar-refractivity contribution >= 4 is 51.7 Å². The number of anilines is 7. The van der Waals surface area contributed by atoms with Crippen LogP contribution in [-0.2, 0) is 26.5 Å². The molecule has 0 aliphatic carbocycles. The van der Waals surface area contributed by atoms with Gasteiger partial charge in [-0.15, -0.1) is 57.7 Å². The minimum absolute atomic E-state index is 0. The maximum Gasteiger partial charge on any atom is 0.135 e. The smallest absolute Gasteiger partial charge is 0.135 e. The zero-order valence-electron chi connectivity index (χ0n) is 29.0. The molecule has 1 aromatic heterocycles. The molecule has 6 aromatic carbocycles. The average molecular weight is 871 g/mol. The van der Waals surface area contributed by atoms with Crippen molar-refractivity contribution < 1.29 is 21.1 Å². The number of nitrogens with zero attached hydrogens (tertiary/aromatic N) is 4. The number of para-hydroxylation sites is 4. The summed E-state index contributed by atoms with van der Waals surface area (Å²) in [5.74, 6) is 0.877. The molecular formula is C46H35N4PtS-3. The predicted molar refractivity (Wildman–Crippen MR) is 212 cm³/mol. The molecule has 0 bridgehead atoms. The predicted octanol–water partition coefficient (Wildman–Crippen LogP) is 12.7. The van der Waals surface area contributed by atoms with Crippen molar-refractivity contribution in [3.63, 3.8) is 0 Å². The van der Waals surface area contributed by atoms with Crippen LogP contribution >= 0.6 is 11.8 Å². The molecular weight excluding hydrogens is 836 g/mol. The molecule has 9 rings (SSSR count). The summed E-state index contributed by atoms with van der Waals surface area (Å²) in [6, 6.07) is 59.0. The molecule has 0 amide bonds. The Balaban J connectivity index is 0.00000387. The van der Waals surface area contributed by atoms with Gasteiger partial charge in [0.1, 0.15) is 5.82 Å². The minimum atomic E-state index is -0.0253. The zero-order valence-corrected chi connectivity index (χ0v) is 32.1. The van der Waals surface area contributed by atoms with Crippen LogP contribution in [0, 0.1) is 18.8 Å². The standard InChI is InChI=1S/C46H35N4S.Pt/c1-46(2,3)32-26-27-47-45(28-32)50-41-21-10-9-20-39(41)37-18-7-8-19-38(37)40-25-24-36(30-44(40)50)51-35-17-13-16-34(29-35)49-31-48(33-14-5-4-6-15-33)42-22-11-12-23-43(42)49;/h4-28,31H,1-3H3;/q-3;. The van der Waals surface area contributed by atoms with Gasteiger partial charge in [-0.2, -0.15) is 24.3 Å². The van der Waals surface area contributed by atoms with Crippen molar-refractivity contribution in [3.8, 4) is 22.3 Å². The van der Waals surface area contributed by atoms with Crippen molar-refractivity contribution in [2.75, 3.05) is 14.7 Å². The zero-order chi connectivity index (χ0) is 34.5. The summed E-state index contributed by atoms with van der Waals surface area (Å²) in [6.07, 6.45) is 1.93. The third-order valence-corrected chi connectivity index (χ3v) is 10.4. The molecule has 6 heteroatoms. The first-order valence-electron chi connectivity index (χ1n) is 17.2. The van der Waals surface area contributed by atoms with Gasteiger partial charge in [0.2, 0.25) is 0 Å². The maximum atomic E-state index is 4.97. The van der Waals surface area contributed by atoms with Gasteiger partial charge in [-0.05, 0) is 59.0 Å². The summed E-state index contributed by atoms with van der Waals surface area (Å²) < 4.78 is 0. The van der Waals surface area contributed by atoms with Crippen LogP contribution in [0.25, 0.3) is 22.3 Å². The number of hydrogen-bond donors (Lipinski definition) is 0. The second-order valence-electron chi connectivity index (χ2n) is 13.8. The molecule has 0 atom stereocenters. The third kappa shape index (κ3) is 6.12. The van der Waals surface area contributed by atoms with Gasteiger partial charge in [0.05, 0.1) is 5.69 Å². The van der Waals surface area contributed by atoms with Gasteiger partial charge in [-0.3, -0.25) is 0 Å². The van der Waals surface area contributed by atoms with E-state index in [4.69, 9.17) is 4.98 Å². The number of fused-ring (bicyclic) bond motifs is 6. The van der Waals surface area contributed by atoms with E-state index in [0.717, 1.165) is 55.3 Å². The van der Waals surface area contributed by atoms with Crippen LogP contribution in [0.15, 0.2) is 162 Å². The van der Waals surface area contributed by atoms with Crippen molar-refractivity contribution in [3.05, 3.63) is 176 Å². The molecule has 0 saturated heterocycles. The van der Waals surface area contributed by atoms with Gasteiger partial charge in [0, 0.05) is 49.9 Å². The van der Waals surface area contributed by atoms with Crippen LogP contribution in [0.1, 0.15) is 26.3 Å². The Hall–Kier alpha value is -5.09. The molecule has 0 unspecified atom stereocenters. The quantitative estimate of drug-likeness (QED) is 0.160.